The molecule has 2 saturated carbocycles. The zero-order valence-electron chi connectivity index (χ0n) is 16.2. The lowest BCUT2D eigenvalue weighted by molar-refractivity contribution is -0.116. The Hall–Kier alpha value is -3.05. The Balaban J connectivity index is 1.31. The summed E-state index contributed by atoms with van der Waals surface area (Å²) in [4.78, 5) is 28.9. The first-order valence-corrected chi connectivity index (χ1v) is 9.76. The van der Waals surface area contributed by atoms with Gasteiger partial charge in [-0.15, -0.1) is 0 Å². The summed E-state index contributed by atoms with van der Waals surface area (Å²) in [5.41, 5.74) is 2.50. The number of ether oxygens (including phenoxy) is 1. The summed E-state index contributed by atoms with van der Waals surface area (Å²) in [7, 11) is 1.63. The molecule has 0 amide bonds. The summed E-state index contributed by atoms with van der Waals surface area (Å²) >= 11 is 0. The molecule has 0 heterocycles. The maximum Gasteiger partial charge on any atom is 0.168 e. The third-order valence-corrected chi connectivity index (χ3v) is 5.38. The minimum absolute atomic E-state index is 0.0340. The molecule has 5 heteroatoms. The van der Waals surface area contributed by atoms with Gasteiger partial charge in [0.25, 0.3) is 0 Å². The molecule has 148 valence electrons. The van der Waals surface area contributed by atoms with Gasteiger partial charge in [0.05, 0.1) is 25.2 Å². The van der Waals surface area contributed by atoms with Crippen LogP contribution in [0.25, 0.3) is 6.08 Å². The first kappa shape index (κ1) is 19.3. The van der Waals surface area contributed by atoms with Gasteiger partial charge in [0.1, 0.15) is 5.75 Å². The number of carbonyl (C=O) groups excluding carboxylic acids is 2. The van der Waals surface area contributed by atoms with Crippen LogP contribution >= 0.6 is 0 Å². The van der Waals surface area contributed by atoms with E-state index in [1.807, 2.05) is 36.4 Å². The van der Waals surface area contributed by atoms with E-state index < -0.39 is 6.10 Å². The second-order valence-electron chi connectivity index (χ2n) is 7.59. The highest BCUT2D eigenvalue weighted by Gasteiger charge is 2.43. The molecule has 0 bridgehead atoms. The zero-order chi connectivity index (χ0) is 20.4. The van der Waals surface area contributed by atoms with Gasteiger partial charge >= 0.3 is 0 Å². The molecule has 0 aromatic heterocycles. The summed E-state index contributed by atoms with van der Waals surface area (Å²) < 4.78 is 5.14. The van der Waals surface area contributed by atoms with Gasteiger partial charge in [-0.1, -0.05) is 30.3 Å². The molecular formula is C24H23NO4. The van der Waals surface area contributed by atoms with E-state index in [0.717, 1.165) is 23.3 Å². The summed E-state index contributed by atoms with van der Waals surface area (Å²) in [6, 6.07) is 14.9. The lowest BCUT2D eigenvalue weighted by atomic mass is 10.0. The lowest BCUT2D eigenvalue weighted by Crippen LogP contribution is -2.04. The molecule has 2 aromatic carbocycles. The van der Waals surface area contributed by atoms with Crippen molar-refractivity contribution in [2.24, 2.45) is 16.8 Å². The summed E-state index contributed by atoms with van der Waals surface area (Å²) in [5, 5.41) is 9.29. The number of allylic oxidation sites excluding steroid dienone is 1. The predicted octanol–water partition coefficient (Wildman–Crippen LogP) is 3.35. The quantitative estimate of drug-likeness (QED) is 0.427. The standard InChI is InChI=1S/C24H23NO4/c1-29-18-9-4-16(5-10-18)14-25-21-12-19(21)24(28)17-7-2-15(3-8-17)6-11-22(26)20-13-23(20)27/h2-11,14,19-21,23,27H,12-13H2,1H3. The summed E-state index contributed by atoms with van der Waals surface area (Å²) in [6.45, 7) is 0. The van der Waals surface area contributed by atoms with Crippen molar-refractivity contribution in [2.45, 2.75) is 25.0 Å². The Kier molecular flexibility index (Phi) is 5.41. The van der Waals surface area contributed by atoms with Crippen molar-refractivity contribution in [2.75, 3.05) is 7.11 Å². The van der Waals surface area contributed by atoms with Crippen LogP contribution in [0.3, 0.4) is 0 Å². The normalized spacial score (nSPS) is 25.3. The van der Waals surface area contributed by atoms with Gasteiger partial charge in [0, 0.05) is 17.7 Å². The molecule has 0 saturated heterocycles. The van der Waals surface area contributed by atoms with Crippen LogP contribution in [0.1, 0.15) is 34.3 Å². The van der Waals surface area contributed by atoms with Gasteiger partial charge in [-0.25, -0.2) is 0 Å². The number of aliphatic hydroxyl groups is 1. The maximum absolute atomic E-state index is 12.6. The van der Waals surface area contributed by atoms with Crippen molar-refractivity contribution in [3.05, 3.63) is 71.3 Å². The Morgan fingerprint density at radius 2 is 1.66 bits per heavy atom. The third-order valence-electron chi connectivity index (χ3n) is 5.38. The molecule has 2 aromatic rings. The van der Waals surface area contributed by atoms with Gasteiger partial charge in [-0.2, -0.15) is 0 Å². The number of methoxy groups -OCH3 is 1. The number of hydrogen-bond acceptors (Lipinski definition) is 5. The molecule has 2 aliphatic carbocycles. The number of Topliss-reactive ketones (excluding diaryl/α,β-unsaturated/α-hetero) is 1. The molecule has 4 unspecified atom stereocenters. The van der Waals surface area contributed by atoms with Crippen molar-refractivity contribution in [1.29, 1.82) is 0 Å². The number of aliphatic imine (C=N–C) groups is 1. The van der Waals surface area contributed by atoms with Crippen molar-refractivity contribution >= 4 is 23.9 Å². The Morgan fingerprint density at radius 1 is 1.00 bits per heavy atom. The Labute approximate surface area is 169 Å². The average Bonchev–Trinajstić information content (AvgIpc) is 3.67. The van der Waals surface area contributed by atoms with Gasteiger partial charge < -0.3 is 9.84 Å². The third kappa shape index (κ3) is 4.69. The number of aliphatic hydroxyl groups excluding tert-OH is 1. The van der Waals surface area contributed by atoms with Crippen LogP contribution in [0.5, 0.6) is 5.75 Å². The van der Waals surface area contributed by atoms with E-state index in [0.29, 0.717) is 12.0 Å². The molecule has 4 rings (SSSR count). The van der Waals surface area contributed by atoms with E-state index in [9.17, 15) is 14.7 Å². The van der Waals surface area contributed by atoms with E-state index in [2.05, 4.69) is 4.99 Å². The molecule has 0 spiro atoms. The highest BCUT2D eigenvalue weighted by Crippen LogP contribution is 2.37. The maximum atomic E-state index is 12.6. The fraction of sp³-hybridized carbons (Fsp3) is 0.292. The van der Waals surface area contributed by atoms with Gasteiger partial charge in [-0.05, 0) is 54.3 Å². The highest BCUT2D eigenvalue weighted by atomic mass is 16.5. The molecule has 0 aliphatic heterocycles. The first-order chi connectivity index (χ1) is 14.0. The predicted molar refractivity (Wildman–Crippen MR) is 111 cm³/mol. The number of carbonyl (C=O) groups is 2. The van der Waals surface area contributed by atoms with E-state index in [4.69, 9.17) is 4.74 Å². The summed E-state index contributed by atoms with van der Waals surface area (Å²) in [6.07, 6.45) is 5.87. The summed E-state index contributed by atoms with van der Waals surface area (Å²) in [5.74, 6) is 0.554. The molecule has 29 heavy (non-hydrogen) atoms. The van der Waals surface area contributed by atoms with Gasteiger partial charge in [-0.3, -0.25) is 14.6 Å². The molecule has 2 fully saturated rings. The lowest BCUT2D eigenvalue weighted by Gasteiger charge is -2.01. The second-order valence-corrected chi connectivity index (χ2v) is 7.59. The molecule has 0 radical (unpaired) electrons. The van der Waals surface area contributed by atoms with Gasteiger partial charge in [0.15, 0.2) is 11.6 Å². The second kappa shape index (κ2) is 8.13. The fourth-order valence-electron chi connectivity index (χ4n) is 3.26. The topological polar surface area (TPSA) is 76.0 Å². The van der Waals surface area contributed by atoms with Crippen LogP contribution in [0.15, 0.2) is 59.6 Å². The van der Waals surface area contributed by atoms with E-state index >= 15 is 0 Å². The SMILES string of the molecule is COc1ccc(C=NC2CC2C(=O)c2ccc(C=CC(=O)C3CC3O)cc2)cc1. The molecule has 5 nitrogen and oxygen atoms in total. The van der Waals surface area contributed by atoms with Gasteiger partial charge in [0.2, 0.25) is 0 Å². The van der Waals surface area contributed by atoms with Crippen LogP contribution in [-0.4, -0.2) is 42.1 Å². The highest BCUT2D eigenvalue weighted by molar-refractivity contribution is 6.01. The molecule has 2 aliphatic rings. The average molecular weight is 389 g/mol. The number of benzene rings is 2. The number of nitrogens with zero attached hydrogens (tertiary/aromatic N) is 1. The number of ketones is 2. The van der Waals surface area contributed by atoms with Crippen molar-refractivity contribution < 1.29 is 19.4 Å². The van der Waals surface area contributed by atoms with Crippen LogP contribution < -0.4 is 4.74 Å². The molecule has 1 N–H and O–H groups in total. The van der Waals surface area contributed by atoms with E-state index in [1.165, 1.54) is 6.08 Å². The minimum Gasteiger partial charge on any atom is -0.497 e. The van der Waals surface area contributed by atoms with Crippen LogP contribution in [-0.2, 0) is 4.79 Å². The fourth-order valence-corrected chi connectivity index (χ4v) is 3.26. The smallest absolute Gasteiger partial charge is 0.168 e. The monoisotopic (exact) mass is 389 g/mol. The Bertz CT molecular complexity index is 959. The molecular weight excluding hydrogens is 366 g/mol. The molecule has 4 atom stereocenters. The van der Waals surface area contributed by atoms with Crippen LogP contribution in [0.4, 0.5) is 0 Å². The van der Waals surface area contributed by atoms with Crippen LogP contribution in [0, 0.1) is 11.8 Å². The minimum atomic E-state index is -0.481. The van der Waals surface area contributed by atoms with E-state index in [-0.39, 0.29) is 29.4 Å². The Morgan fingerprint density at radius 3 is 2.28 bits per heavy atom. The first-order valence-electron chi connectivity index (χ1n) is 9.76. The number of hydrogen-bond donors (Lipinski definition) is 1. The van der Waals surface area contributed by atoms with Crippen LogP contribution in [0.2, 0.25) is 0 Å². The largest absolute Gasteiger partial charge is 0.497 e. The number of rotatable bonds is 8. The van der Waals surface area contributed by atoms with Crippen molar-refractivity contribution in [3.63, 3.8) is 0 Å². The van der Waals surface area contributed by atoms with Crippen molar-refractivity contribution in [1.82, 2.24) is 0 Å². The van der Waals surface area contributed by atoms with E-state index in [1.54, 1.807) is 31.5 Å². The van der Waals surface area contributed by atoms with Crippen molar-refractivity contribution in [3.8, 4) is 5.75 Å². The zero-order valence-corrected chi connectivity index (χ0v) is 16.2.